The Morgan fingerprint density at radius 1 is 1.38 bits per heavy atom. The highest BCUT2D eigenvalue weighted by Gasteiger charge is 2.09. The fourth-order valence-corrected chi connectivity index (χ4v) is 1.25. The van der Waals surface area contributed by atoms with Crippen LogP contribution in [0.15, 0.2) is 24.5 Å². The molecule has 1 atom stereocenters. The second-order valence-corrected chi connectivity index (χ2v) is 3.34. The second-order valence-electron chi connectivity index (χ2n) is 3.34. The molecule has 0 spiro atoms. The summed E-state index contributed by atoms with van der Waals surface area (Å²) in [6.07, 6.45) is 3.47. The number of pyridine rings is 1. The van der Waals surface area contributed by atoms with Crippen LogP contribution in [-0.2, 0) is 0 Å². The Hall–Kier alpha value is -0.930. The summed E-state index contributed by atoms with van der Waals surface area (Å²) in [5, 5.41) is 12.4. The molecule has 0 aliphatic rings. The zero-order chi connectivity index (χ0) is 9.68. The van der Waals surface area contributed by atoms with Crippen LogP contribution < -0.4 is 5.32 Å². The molecule has 1 unspecified atom stereocenters. The lowest BCUT2D eigenvalue weighted by Gasteiger charge is -2.18. The normalized spacial score (nSPS) is 13.2. The summed E-state index contributed by atoms with van der Waals surface area (Å²) >= 11 is 0. The summed E-state index contributed by atoms with van der Waals surface area (Å²) in [5.74, 6) is 0. The summed E-state index contributed by atoms with van der Waals surface area (Å²) in [4.78, 5) is 3.93. The molecule has 72 valence electrons. The van der Waals surface area contributed by atoms with Gasteiger partial charge in [0.1, 0.15) is 0 Å². The molecule has 1 aromatic rings. The van der Waals surface area contributed by atoms with Crippen molar-refractivity contribution in [3.63, 3.8) is 0 Å². The molecule has 3 nitrogen and oxygen atoms in total. The number of aliphatic hydroxyl groups is 1. The molecule has 13 heavy (non-hydrogen) atoms. The minimum Gasteiger partial charge on any atom is -0.394 e. The van der Waals surface area contributed by atoms with Gasteiger partial charge in [-0.25, -0.2) is 0 Å². The summed E-state index contributed by atoms with van der Waals surface area (Å²) < 4.78 is 0. The monoisotopic (exact) mass is 180 g/mol. The van der Waals surface area contributed by atoms with Crippen LogP contribution >= 0.6 is 0 Å². The van der Waals surface area contributed by atoms with Crippen molar-refractivity contribution in [1.29, 1.82) is 0 Å². The molecular weight excluding hydrogens is 164 g/mol. The third-order valence-corrected chi connectivity index (χ3v) is 1.83. The van der Waals surface area contributed by atoms with Crippen LogP contribution in [0.25, 0.3) is 0 Å². The van der Waals surface area contributed by atoms with Crippen molar-refractivity contribution >= 4 is 0 Å². The van der Waals surface area contributed by atoms with Crippen molar-refractivity contribution in [3.05, 3.63) is 30.1 Å². The van der Waals surface area contributed by atoms with Gasteiger partial charge < -0.3 is 10.4 Å². The molecule has 0 bridgehead atoms. The maximum atomic E-state index is 9.15. The SMILES string of the molecule is CC(C)NC(CO)c1ccncc1. The van der Waals surface area contributed by atoms with Gasteiger partial charge in [0.2, 0.25) is 0 Å². The van der Waals surface area contributed by atoms with Crippen molar-refractivity contribution in [2.24, 2.45) is 0 Å². The minimum atomic E-state index is 0.0167. The van der Waals surface area contributed by atoms with Gasteiger partial charge in [0.05, 0.1) is 12.6 Å². The fraction of sp³-hybridized carbons (Fsp3) is 0.500. The molecule has 3 heteroatoms. The number of aromatic nitrogens is 1. The average molecular weight is 180 g/mol. The zero-order valence-electron chi connectivity index (χ0n) is 8.07. The number of rotatable bonds is 4. The van der Waals surface area contributed by atoms with E-state index in [2.05, 4.69) is 24.1 Å². The number of aliphatic hydroxyl groups excluding tert-OH is 1. The Balaban J connectivity index is 2.67. The van der Waals surface area contributed by atoms with Gasteiger partial charge in [-0.1, -0.05) is 13.8 Å². The van der Waals surface area contributed by atoms with E-state index < -0.39 is 0 Å². The molecule has 0 amide bonds. The average Bonchev–Trinajstić information content (AvgIpc) is 2.15. The Bertz CT molecular complexity index is 236. The van der Waals surface area contributed by atoms with E-state index in [0.717, 1.165) is 5.56 Å². The van der Waals surface area contributed by atoms with E-state index in [4.69, 9.17) is 5.11 Å². The lowest BCUT2D eigenvalue weighted by molar-refractivity contribution is 0.237. The fourth-order valence-electron chi connectivity index (χ4n) is 1.25. The molecule has 0 aliphatic heterocycles. The van der Waals surface area contributed by atoms with E-state index in [-0.39, 0.29) is 12.6 Å². The third kappa shape index (κ3) is 3.13. The maximum Gasteiger partial charge on any atom is 0.0626 e. The third-order valence-electron chi connectivity index (χ3n) is 1.83. The molecule has 2 N–H and O–H groups in total. The minimum absolute atomic E-state index is 0.0167. The zero-order valence-corrected chi connectivity index (χ0v) is 8.07. The van der Waals surface area contributed by atoms with Crippen molar-refractivity contribution in [2.75, 3.05) is 6.61 Å². The molecule has 0 aliphatic carbocycles. The van der Waals surface area contributed by atoms with Crippen molar-refractivity contribution in [2.45, 2.75) is 25.9 Å². The van der Waals surface area contributed by atoms with Gasteiger partial charge in [0.25, 0.3) is 0 Å². The Morgan fingerprint density at radius 2 is 2.00 bits per heavy atom. The van der Waals surface area contributed by atoms with E-state index >= 15 is 0 Å². The first-order chi connectivity index (χ1) is 6.24. The molecule has 1 aromatic heterocycles. The van der Waals surface area contributed by atoms with Crippen LogP contribution in [0.2, 0.25) is 0 Å². The standard InChI is InChI=1S/C10H16N2O/c1-8(2)12-10(7-13)9-3-5-11-6-4-9/h3-6,8,10,12-13H,7H2,1-2H3. The van der Waals surface area contributed by atoms with Crippen molar-refractivity contribution in [1.82, 2.24) is 10.3 Å². The first kappa shape index (κ1) is 10.2. The Morgan fingerprint density at radius 3 is 2.46 bits per heavy atom. The predicted octanol–water partition coefficient (Wildman–Crippen LogP) is 1.11. The summed E-state index contributed by atoms with van der Waals surface area (Å²) in [5.41, 5.74) is 1.08. The first-order valence-electron chi connectivity index (χ1n) is 4.51. The van der Waals surface area contributed by atoms with Crippen molar-refractivity contribution < 1.29 is 5.11 Å². The smallest absolute Gasteiger partial charge is 0.0626 e. The highest BCUT2D eigenvalue weighted by Crippen LogP contribution is 2.10. The topological polar surface area (TPSA) is 45.1 Å². The summed E-state index contributed by atoms with van der Waals surface area (Å²) in [7, 11) is 0. The Kier molecular flexibility index (Phi) is 3.86. The van der Waals surface area contributed by atoms with E-state index in [1.54, 1.807) is 12.4 Å². The molecule has 1 rings (SSSR count). The van der Waals surface area contributed by atoms with E-state index in [9.17, 15) is 0 Å². The van der Waals surface area contributed by atoms with Crippen LogP contribution in [0.3, 0.4) is 0 Å². The molecular formula is C10H16N2O. The number of nitrogens with zero attached hydrogens (tertiary/aromatic N) is 1. The number of nitrogens with one attached hydrogen (secondary N) is 1. The number of hydrogen-bond donors (Lipinski definition) is 2. The molecule has 0 saturated heterocycles. The lowest BCUT2D eigenvalue weighted by Crippen LogP contribution is -2.30. The van der Waals surface area contributed by atoms with Gasteiger partial charge in [-0.05, 0) is 17.7 Å². The van der Waals surface area contributed by atoms with Gasteiger partial charge in [-0.3, -0.25) is 4.98 Å². The number of hydrogen-bond acceptors (Lipinski definition) is 3. The first-order valence-corrected chi connectivity index (χ1v) is 4.51. The quantitative estimate of drug-likeness (QED) is 0.729. The highest BCUT2D eigenvalue weighted by atomic mass is 16.3. The van der Waals surface area contributed by atoms with E-state index in [0.29, 0.717) is 6.04 Å². The van der Waals surface area contributed by atoms with Crippen LogP contribution in [0, 0.1) is 0 Å². The summed E-state index contributed by atoms with van der Waals surface area (Å²) in [6.45, 7) is 4.23. The van der Waals surface area contributed by atoms with Gasteiger partial charge in [-0.15, -0.1) is 0 Å². The van der Waals surface area contributed by atoms with Crippen molar-refractivity contribution in [3.8, 4) is 0 Å². The van der Waals surface area contributed by atoms with E-state index in [1.807, 2.05) is 12.1 Å². The maximum absolute atomic E-state index is 9.15. The Labute approximate surface area is 78.8 Å². The van der Waals surface area contributed by atoms with E-state index in [1.165, 1.54) is 0 Å². The predicted molar refractivity (Wildman–Crippen MR) is 52.3 cm³/mol. The molecule has 0 saturated carbocycles. The van der Waals surface area contributed by atoms with Crippen LogP contribution in [-0.4, -0.2) is 22.7 Å². The molecule has 0 fully saturated rings. The largest absolute Gasteiger partial charge is 0.394 e. The lowest BCUT2D eigenvalue weighted by atomic mass is 10.1. The van der Waals surface area contributed by atoms with Crippen LogP contribution in [0.5, 0.6) is 0 Å². The van der Waals surface area contributed by atoms with Crippen LogP contribution in [0.1, 0.15) is 25.5 Å². The van der Waals surface area contributed by atoms with Gasteiger partial charge in [0, 0.05) is 18.4 Å². The second kappa shape index (κ2) is 4.94. The van der Waals surface area contributed by atoms with Crippen LogP contribution in [0.4, 0.5) is 0 Å². The molecule has 0 radical (unpaired) electrons. The highest BCUT2D eigenvalue weighted by molar-refractivity contribution is 5.15. The van der Waals surface area contributed by atoms with Gasteiger partial charge in [-0.2, -0.15) is 0 Å². The van der Waals surface area contributed by atoms with Gasteiger partial charge >= 0.3 is 0 Å². The van der Waals surface area contributed by atoms with Gasteiger partial charge in [0.15, 0.2) is 0 Å². The molecule has 0 aromatic carbocycles. The summed E-state index contributed by atoms with van der Waals surface area (Å²) in [6, 6.07) is 4.21. The molecule has 1 heterocycles.